The van der Waals surface area contributed by atoms with Crippen LogP contribution in [0.25, 0.3) is 0 Å². The molecule has 0 saturated carbocycles. The first-order valence-corrected chi connectivity index (χ1v) is 6.06. The van der Waals surface area contributed by atoms with E-state index in [1.165, 1.54) is 7.11 Å². The third-order valence-electron chi connectivity index (χ3n) is 2.76. The Morgan fingerprint density at radius 2 is 2.21 bits per heavy atom. The van der Waals surface area contributed by atoms with Gasteiger partial charge < -0.3 is 14.6 Å². The van der Waals surface area contributed by atoms with Crippen LogP contribution < -0.4 is 5.32 Å². The third-order valence-corrected chi connectivity index (χ3v) is 3.09. The van der Waals surface area contributed by atoms with Crippen LogP contribution in [-0.4, -0.2) is 22.6 Å². The van der Waals surface area contributed by atoms with E-state index in [2.05, 4.69) is 10.3 Å². The van der Waals surface area contributed by atoms with E-state index in [1.807, 2.05) is 19.2 Å². The molecule has 0 amide bonds. The Hall–Kier alpha value is -2.01. The number of ether oxygens (including phenoxy) is 1. The van der Waals surface area contributed by atoms with Gasteiger partial charge in [0.05, 0.1) is 36.0 Å². The molecule has 0 radical (unpaired) electrons. The number of carbonyl (C=O) groups excluding carboxylic acids is 1. The van der Waals surface area contributed by atoms with Gasteiger partial charge in [-0.1, -0.05) is 23.7 Å². The normalized spacial score (nSPS) is 11.9. The fourth-order valence-electron chi connectivity index (χ4n) is 1.75. The SMILES string of the molecule is COC(=O)C(Nc1ccccc1Cl)c1cncn1C. The van der Waals surface area contributed by atoms with Crippen molar-refractivity contribution < 1.29 is 9.53 Å². The van der Waals surface area contributed by atoms with Crippen LogP contribution in [0.15, 0.2) is 36.8 Å². The number of methoxy groups -OCH3 is 1. The van der Waals surface area contributed by atoms with Gasteiger partial charge in [-0.3, -0.25) is 0 Å². The molecule has 0 fully saturated rings. The van der Waals surface area contributed by atoms with Crippen molar-refractivity contribution in [2.45, 2.75) is 6.04 Å². The molecule has 1 unspecified atom stereocenters. The molecule has 1 N–H and O–H groups in total. The molecule has 1 atom stereocenters. The number of aromatic nitrogens is 2. The van der Waals surface area contributed by atoms with Crippen molar-refractivity contribution in [2.75, 3.05) is 12.4 Å². The molecule has 1 aromatic carbocycles. The smallest absolute Gasteiger partial charge is 0.334 e. The van der Waals surface area contributed by atoms with Crippen LogP contribution in [0.4, 0.5) is 5.69 Å². The maximum atomic E-state index is 11.9. The van der Waals surface area contributed by atoms with E-state index in [4.69, 9.17) is 16.3 Å². The summed E-state index contributed by atoms with van der Waals surface area (Å²) in [7, 11) is 3.16. The Balaban J connectivity index is 2.33. The molecule has 0 spiro atoms. The van der Waals surface area contributed by atoms with Crippen LogP contribution in [0.3, 0.4) is 0 Å². The van der Waals surface area contributed by atoms with Gasteiger partial charge in [0.2, 0.25) is 0 Å². The molecule has 0 aliphatic carbocycles. The van der Waals surface area contributed by atoms with Gasteiger partial charge in [0.25, 0.3) is 0 Å². The Bertz CT molecular complexity index is 583. The predicted molar refractivity (Wildman–Crippen MR) is 73.0 cm³/mol. The van der Waals surface area contributed by atoms with E-state index < -0.39 is 12.0 Å². The van der Waals surface area contributed by atoms with E-state index in [9.17, 15) is 4.79 Å². The molecule has 19 heavy (non-hydrogen) atoms. The number of aryl methyl sites for hydroxylation is 1. The van der Waals surface area contributed by atoms with Crippen LogP contribution >= 0.6 is 11.6 Å². The topological polar surface area (TPSA) is 56.1 Å². The summed E-state index contributed by atoms with van der Waals surface area (Å²) in [6.07, 6.45) is 3.24. The minimum atomic E-state index is -0.655. The van der Waals surface area contributed by atoms with E-state index in [0.29, 0.717) is 16.4 Å². The van der Waals surface area contributed by atoms with Crippen molar-refractivity contribution >= 4 is 23.3 Å². The summed E-state index contributed by atoms with van der Waals surface area (Å²) < 4.78 is 6.57. The highest BCUT2D eigenvalue weighted by molar-refractivity contribution is 6.33. The predicted octanol–water partition coefficient (Wildman–Crippen LogP) is 2.40. The summed E-state index contributed by atoms with van der Waals surface area (Å²) in [5, 5.41) is 3.61. The standard InChI is InChI=1S/C13H14ClN3O2/c1-17-8-15-7-11(17)12(13(18)19-2)16-10-6-4-3-5-9(10)14/h3-8,12,16H,1-2H3. The largest absolute Gasteiger partial charge is 0.467 e. The van der Waals surface area contributed by atoms with Crippen molar-refractivity contribution in [3.05, 3.63) is 47.5 Å². The van der Waals surface area contributed by atoms with Gasteiger partial charge in [0.15, 0.2) is 6.04 Å². The van der Waals surface area contributed by atoms with Gasteiger partial charge in [-0.2, -0.15) is 0 Å². The van der Waals surface area contributed by atoms with E-state index in [1.54, 1.807) is 29.2 Å². The highest BCUT2D eigenvalue weighted by atomic mass is 35.5. The zero-order valence-corrected chi connectivity index (χ0v) is 11.4. The lowest BCUT2D eigenvalue weighted by molar-refractivity contribution is -0.141. The molecule has 0 bridgehead atoms. The maximum absolute atomic E-state index is 11.9. The number of anilines is 1. The van der Waals surface area contributed by atoms with Gasteiger partial charge in [0, 0.05) is 7.05 Å². The first kappa shape index (κ1) is 13.4. The monoisotopic (exact) mass is 279 g/mol. The van der Waals surface area contributed by atoms with Crippen molar-refractivity contribution in [3.63, 3.8) is 0 Å². The number of nitrogens with one attached hydrogen (secondary N) is 1. The molecule has 5 nitrogen and oxygen atoms in total. The molecule has 2 rings (SSSR count). The zero-order chi connectivity index (χ0) is 13.8. The van der Waals surface area contributed by atoms with Crippen LogP contribution in [0.2, 0.25) is 5.02 Å². The average molecular weight is 280 g/mol. The van der Waals surface area contributed by atoms with Crippen molar-refractivity contribution in [3.8, 4) is 0 Å². The van der Waals surface area contributed by atoms with Gasteiger partial charge >= 0.3 is 5.97 Å². The summed E-state index contributed by atoms with van der Waals surface area (Å²) in [4.78, 5) is 15.9. The third kappa shape index (κ3) is 2.88. The number of carbonyl (C=O) groups is 1. The molecule has 0 saturated heterocycles. The molecular weight excluding hydrogens is 266 g/mol. The van der Waals surface area contributed by atoms with Crippen LogP contribution in [0.1, 0.15) is 11.7 Å². The van der Waals surface area contributed by atoms with Crippen molar-refractivity contribution in [2.24, 2.45) is 7.05 Å². The number of hydrogen-bond acceptors (Lipinski definition) is 4. The van der Waals surface area contributed by atoms with Crippen molar-refractivity contribution in [1.29, 1.82) is 0 Å². The number of imidazole rings is 1. The van der Waals surface area contributed by atoms with Gasteiger partial charge in [-0.25, -0.2) is 9.78 Å². The quantitative estimate of drug-likeness (QED) is 0.873. The lowest BCUT2D eigenvalue weighted by Gasteiger charge is -2.18. The lowest BCUT2D eigenvalue weighted by Crippen LogP contribution is -2.24. The number of nitrogens with zero attached hydrogens (tertiary/aromatic N) is 2. The average Bonchev–Trinajstić information content (AvgIpc) is 2.83. The van der Waals surface area contributed by atoms with E-state index in [0.717, 1.165) is 0 Å². The first-order valence-electron chi connectivity index (χ1n) is 5.68. The fraction of sp³-hybridized carbons (Fsp3) is 0.231. The lowest BCUT2D eigenvalue weighted by atomic mass is 10.2. The van der Waals surface area contributed by atoms with Crippen molar-refractivity contribution in [1.82, 2.24) is 9.55 Å². The minimum Gasteiger partial charge on any atom is -0.467 e. The number of esters is 1. The van der Waals surface area contributed by atoms with Crippen LogP contribution in [0, 0.1) is 0 Å². The van der Waals surface area contributed by atoms with Gasteiger partial charge in [-0.15, -0.1) is 0 Å². The maximum Gasteiger partial charge on any atom is 0.334 e. The Labute approximate surface area is 116 Å². The minimum absolute atomic E-state index is 0.400. The van der Waals surface area contributed by atoms with E-state index in [-0.39, 0.29) is 0 Å². The molecule has 2 aromatic rings. The molecule has 1 aromatic heterocycles. The van der Waals surface area contributed by atoms with Crippen LogP contribution in [-0.2, 0) is 16.6 Å². The first-order chi connectivity index (χ1) is 9.13. The van der Waals surface area contributed by atoms with E-state index >= 15 is 0 Å². The van der Waals surface area contributed by atoms with Gasteiger partial charge in [-0.05, 0) is 12.1 Å². The molecule has 0 aliphatic heterocycles. The summed E-state index contributed by atoms with van der Waals surface area (Å²) in [6, 6.07) is 6.56. The molecule has 0 aliphatic rings. The Morgan fingerprint density at radius 1 is 1.47 bits per heavy atom. The zero-order valence-electron chi connectivity index (χ0n) is 10.6. The fourth-order valence-corrected chi connectivity index (χ4v) is 1.94. The van der Waals surface area contributed by atoms with Gasteiger partial charge in [0.1, 0.15) is 0 Å². The Kier molecular flexibility index (Phi) is 4.06. The summed E-state index contributed by atoms with van der Waals surface area (Å²) in [5.41, 5.74) is 1.37. The number of rotatable bonds is 4. The Morgan fingerprint density at radius 3 is 2.79 bits per heavy atom. The second-order valence-electron chi connectivity index (χ2n) is 4.01. The number of benzene rings is 1. The molecule has 6 heteroatoms. The second kappa shape index (κ2) is 5.75. The van der Waals surface area contributed by atoms with Crippen LogP contribution in [0.5, 0.6) is 0 Å². The summed E-state index contributed by atoms with van der Waals surface area (Å²) in [6.45, 7) is 0. The highest BCUT2D eigenvalue weighted by Gasteiger charge is 2.24. The molecule has 1 heterocycles. The number of para-hydroxylation sites is 1. The molecule has 100 valence electrons. The molecular formula is C13H14ClN3O2. The summed E-state index contributed by atoms with van der Waals surface area (Å²) >= 11 is 6.08. The number of hydrogen-bond donors (Lipinski definition) is 1. The highest BCUT2D eigenvalue weighted by Crippen LogP contribution is 2.26. The summed E-state index contributed by atoms with van der Waals surface area (Å²) in [5.74, 6) is -0.400. The second-order valence-corrected chi connectivity index (χ2v) is 4.42. The number of halogens is 1.